The van der Waals surface area contributed by atoms with Gasteiger partial charge in [-0.1, -0.05) is 48.1 Å². The second kappa shape index (κ2) is 9.76. The molecule has 1 aromatic heterocycles. The summed E-state index contributed by atoms with van der Waals surface area (Å²) >= 11 is 7.62. The Morgan fingerprint density at radius 3 is 2.56 bits per heavy atom. The first kappa shape index (κ1) is 24.0. The van der Waals surface area contributed by atoms with Crippen molar-refractivity contribution in [1.82, 2.24) is 4.98 Å². The Hall–Kier alpha value is -3.68. The minimum absolute atomic E-state index is 0.0140. The average molecular weight is 519 g/mol. The third kappa shape index (κ3) is 4.25. The molecule has 5 rings (SSSR count). The highest BCUT2D eigenvalue weighted by Gasteiger charge is 2.48. The lowest BCUT2D eigenvalue weighted by atomic mass is 9.95. The number of carbonyl (C=O) groups excluding carboxylic acids is 2. The van der Waals surface area contributed by atoms with E-state index >= 15 is 0 Å². The first-order valence-electron chi connectivity index (χ1n) is 11.6. The molecule has 4 aromatic rings. The number of aliphatic hydroxyl groups excluding tert-OH is 1. The molecule has 8 heteroatoms. The van der Waals surface area contributed by atoms with Gasteiger partial charge < -0.3 is 9.84 Å². The molecule has 0 bridgehead atoms. The van der Waals surface area contributed by atoms with Crippen molar-refractivity contribution < 1.29 is 19.4 Å². The van der Waals surface area contributed by atoms with Crippen LogP contribution in [0.1, 0.15) is 36.6 Å². The van der Waals surface area contributed by atoms with Crippen molar-refractivity contribution in [2.24, 2.45) is 0 Å². The molecule has 36 heavy (non-hydrogen) atoms. The molecule has 3 aromatic carbocycles. The zero-order valence-electron chi connectivity index (χ0n) is 19.7. The lowest BCUT2D eigenvalue weighted by Gasteiger charge is -2.23. The number of benzene rings is 3. The van der Waals surface area contributed by atoms with Gasteiger partial charge in [-0.15, -0.1) is 0 Å². The molecule has 1 amide bonds. The lowest BCUT2D eigenvalue weighted by molar-refractivity contribution is -0.132. The summed E-state index contributed by atoms with van der Waals surface area (Å²) in [5, 5.41) is 12.1. The first-order valence-corrected chi connectivity index (χ1v) is 12.8. The molecular weight excluding hydrogens is 496 g/mol. The van der Waals surface area contributed by atoms with Gasteiger partial charge in [0.25, 0.3) is 5.78 Å². The quantitative estimate of drug-likeness (QED) is 0.178. The van der Waals surface area contributed by atoms with Gasteiger partial charge in [0, 0.05) is 10.6 Å². The number of aryl methyl sites for hydroxylation is 1. The maximum Gasteiger partial charge on any atom is 0.301 e. The van der Waals surface area contributed by atoms with E-state index in [1.807, 2.05) is 25.1 Å². The summed E-state index contributed by atoms with van der Waals surface area (Å²) < 4.78 is 6.40. The molecule has 1 atom stereocenters. The fourth-order valence-electron chi connectivity index (χ4n) is 4.33. The molecule has 1 aliphatic heterocycles. The molecule has 182 valence electrons. The fourth-order valence-corrected chi connectivity index (χ4v) is 5.59. The fraction of sp³-hybridized carbons (Fsp3) is 0.179. The van der Waals surface area contributed by atoms with E-state index in [-0.39, 0.29) is 11.3 Å². The van der Waals surface area contributed by atoms with Crippen LogP contribution in [0.25, 0.3) is 16.0 Å². The van der Waals surface area contributed by atoms with Crippen LogP contribution in [0.5, 0.6) is 5.75 Å². The van der Waals surface area contributed by atoms with E-state index in [4.69, 9.17) is 16.3 Å². The molecule has 1 saturated heterocycles. The maximum atomic E-state index is 13.4. The van der Waals surface area contributed by atoms with E-state index in [1.54, 1.807) is 48.5 Å². The number of Topliss-reactive ketones (excluding diaryl/α,β-unsaturated/α-hetero) is 1. The van der Waals surface area contributed by atoms with Gasteiger partial charge >= 0.3 is 5.91 Å². The topological polar surface area (TPSA) is 79.7 Å². The van der Waals surface area contributed by atoms with Crippen molar-refractivity contribution in [3.63, 3.8) is 0 Å². The van der Waals surface area contributed by atoms with E-state index in [9.17, 15) is 14.7 Å². The Morgan fingerprint density at radius 1 is 1.08 bits per heavy atom. The van der Waals surface area contributed by atoms with Gasteiger partial charge in [0.1, 0.15) is 11.5 Å². The van der Waals surface area contributed by atoms with Gasteiger partial charge in [-0.3, -0.25) is 14.5 Å². The SMILES string of the molecule is CCOc1ccc(C(O)=C2C(=O)C(=O)N(c3nc4ccc(CC)cc4s3)[C@H]2c2cccc(Cl)c2)cc1. The third-order valence-electron chi connectivity index (χ3n) is 6.10. The smallest absolute Gasteiger partial charge is 0.301 e. The Kier molecular flexibility index (Phi) is 6.51. The summed E-state index contributed by atoms with van der Waals surface area (Å²) in [4.78, 5) is 32.8. The molecule has 0 radical (unpaired) electrons. The summed E-state index contributed by atoms with van der Waals surface area (Å²) in [6.45, 7) is 4.46. The van der Waals surface area contributed by atoms with Gasteiger partial charge in [-0.25, -0.2) is 4.98 Å². The number of anilines is 1. The summed E-state index contributed by atoms with van der Waals surface area (Å²) in [6, 6.07) is 18.8. The number of ketones is 1. The highest BCUT2D eigenvalue weighted by Crippen LogP contribution is 2.44. The number of nitrogens with zero attached hydrogens (tertiary/aromatic N) is 2. The summed E-state index contributed by atoms with van der Waals surface area (Å²) in [6.07, 6.45) is 0.873. The summed E-state index contributed by atoms with van der Waals surface area (Å²) in [7, 11) is 0. The number of halogens is 1. The van der Waals surface area contributed by atoms with Crippen molar-refractivity contribution in [2.75, 3.05) is 11.5 Å². The van der Waals surface area contributed by atoms with Gasteiger partial charge in [0.05, 0.1) is 28.4 Å². The number of hydrogen-bond donors (Lipinski definition) is 1. The maximum absolute atomic E-state index is 13.4. The zero-order chi connectivity index (χ0) is 25.4. The Bertz CT molecular complexity index is 1510. The zero-order valence-corrected chi connectivity index (χ0v) is 21.3. The molecule has 0 saturated carbocycles. The highest BCUT2D eigenvalue weighted by atomic mass is 35.5. The molecule has 0 unspecified atom stereocenters. The molecule has 1 N–H and O–H groups in total. The Labute approximate surface area is 217 Å². The molecule has 2 heterocycles. The van der Waals surface area contributed by atoms with Gasteiger partial charge in [-0.2, -0.15) is 0 Å². The van der Waals surface area contributed by atoms with Crippen LogP contribution in [0.4, 0.5) is 5.13 Å². The Balaban J connectivity index is 1.68. The Morgan fingerprint density at radius 2 is 1.86 bits per heavy atom. The predicted molar refractivity (Wildman–Crippen MR) is 143 cm³/mol. The minimum atomic E-state index is -0.888. The number of aromatic nitrogens is 1. The van der Waals surface area contributed by atoms with Crippen molar-refractivity contribution in [3.8, 4) is 5.75 Å². The number of carbonyl (C=O) groups is 2. The minimum Gasteiger partial charge on any atom is -0.507 e. The first-order chi connectivity index (χ1) is 17.4. The molecular formula is C28H23ClN2O4S. The normalized spacial score (nSPS) is 17.2. The molecule has 0 aliphatic carbocycles. The number of amides is 1. The number of aliphatic hydroxyl groups is 1. The standard InChI is InChI=1S/C28H23ClN2O4S/c1-3-16-8-13-21-22(14-16)36-28(30-21)31-24(18-6-5-7-19(29)15-18)23(26(33)27(31)34)25(32)17-9-11-20(12-10-17)35-4-2/h5-15,24,32H,3-4H2,1-2H3/t24-/m0/s1. The number of fused-ring (bicyclic) bond motifs is 1. The predicted octanol–water partition coefficient (Wildman–Crippen LogP) is 6.54. The van der Waals surface area contributed by atoms with Crippen LogP contribution in [-0.4, -0.2) is 28.4 Å². The lowest BCUT2D eigenvalue weighted by Crippen LogP contribution is -2.29. The summed E-state index contributed by atoms with van der Waals surface area (Å²) in [5.41, 5.74) is 2.88. The van der Waals surface area contributed by atoms with Gasteiger partial charge in [-0.05, 0) is 73.0 Å². The van der Waals surface area contributed by atoms with Crippen LogP contribution in [0, 0.1) is 0 Å². The number of rotatable bonds is 6. The van der Waals surface area contributed by atoms with Crippen LogP contribution in [0.3, 0.4) is 0 Å². The second-order valence-corrected chi connectivity index (χ2v) is 9.78. The number of thiazole rings is 1. The molecule has 6 nitrogen and oxygen atoms in total. The number of ether oxygens (including phenoxy) is 1. The average Bonchev–Trinajstić information content (AvgIpc) is 3.42. The van der Waals surface area contributed by atoms with E-state index in [0.717, 1.165) is 22.2 Å². The van der Waals surface area contributed by atoms with Gasteiger partial charge in [0.15, 0.2) is 5.13 Å². The monoisotopic (exact) mass is 518 g/mol. The van der Waals surface area contributed by atoms with Crippen LogP contribution < -0.4 is 9.64 Å². The van der Waals surface area contributed by atoms with Crippen LogP contribution in [-0.2, 0) is 16.0 Å². The molecule has 1 fully saturated rings. The van der Waals surface area contributed by atoms with Crippen LogP contribution >= 0.6 is 22.9 Å². The van der Waals surface area contributed by atoms with E-state index in [2.05, 4.69) is 11.9 Å². The third-order valence-corrected chi connectivity index (χ3v) is 7.36. The second-order valence-electron chi connectivity index (χ2n) is 8.33. The van der Waals surface area contributed by atoms with Crippen LogP contribution in [0.2, 0.25) is 5.02 Å². The van der Waals surface area contributed by atoms with Crippen molar-refractivity contribution in [1.29, 1.82) is 0 Å². The highest BCUT2D eigenvalue weighted by molar-refractivity contribution is 7.22. The van der Waals surface area contributed by atoms with Crippen molar-refractivity contribution >= 4 is 55.7 Å². The molecule has 1 aliphatic rings. The van der Waals surface area contributed by atoms with Gasteiger partial charge in [0.2, 0.25) is 0 Å². The van der Waals surface area contributed by atoms with E-state index < -0.39 is 17.7 Å². The van der Waals surface area contributed by atoms with Crippen LogP contribution in [0.15, 0.2) is 72.3 Å². The van der Waals surface area contributed by atoms with Crippen molar-refractivity contribution in [2.45, 2.75) is 26.3 Å². The largest absolute Gasteiger partial charge is 0.507 e. The van der Waals surface area contributed by atoms with E-state index in [0.29, 0.717) is 33.6 Å². The van der Waals surface area contributed by atoms with E-state index in [1.165, 1.54) is 16.2 Å². The summed E-state index contributed by atoms with van der Waals surface area (Å²) in [5.74, 6) is -1.15. The van der Waals surface area contributed by atoms with Crippen molar-refractivity contribution in [3.05, 3.63) is 94.0 Å². The number of hydrogen-bond acceptors (Lipinski definition) is 6. The molecule has 0 spiro atoms.